The number of benzene rings is 1. The van der Waals surface area contributed by atoms with Crippen LogP contribution in [0.2, 0.25) is 5.02 Å². The Morgan fingerprint density at radius 1 is 1.17 bits per heavy atom. The number of aliphatic hydroxyl groups is 1. The second-order valence-electron chi connectivity index (χ2n) is 10.8. The first-order valence-corrected chi connectivity index (χ1v) is 14.6. The van der Waals surface area contributed by atoms with Crippen molar-refractivity contribution in [2.24, 2.45) is 5.41 Å². The second-order valence-corrected chi connectivity index (χ2v) is 12.2. The number of carbonyl (C=O) groups excluding carboxylic acids is 2. The fourth-order valence-electron chi connectivity index (χ4n) is 4.20. The maximum absolute atomic E-state index is 13.1. The van der Waals surface area contributed by atoms with Crippen LogP contribution in [0, 0.1) is 19.3 Å². The van der Waals surface area contributed by atoms with Crippen molar-refractivity contribution in [3.8, 4) is 0 Å². The molecule has 3 aromatic rings. The molecule has 0 aliphatic carbocycles. The van der Waals surface area contributed by atoms with Crippen molar-refractivity contribution >= 4 is 57.3 Å². The zero-order valence-electron chi connectivity index (χ0n) is 24.0. The normalized spacial score (nSPS) is 14.2. The Hall–Kier alpha value is -3.32. The summed E-state index contributed by atoms with van der Waals surface area (Å²) < 4.78 is 5.67. The quantitative estimate of drug-likeness (QED) is 0.272. The lowest BCUT2D eigenvalue weighted by atomic mass is 9.98. The lowest BCUT2D eigenvalue weighted by Gasteiger charge is -2.35. The summed E-state index contributed by atoms with van der Waals surface area (Å²) in [5.41, 5.74) is 0.681. The van der Waals surface area contributed by atoms with Gasteiger partial charge < -0.3 is 20.1 Å². The van der Waals surface area contributed by atoms with E-state index in [0.29, 0.717) is 38.9 Å². The Balaban J connectivity index is 1.62. The average molecular weight is 602 g/mol. The SMILES string of the molecule is Cc1nc(N2CCN(CCO)CC2)cc(N(COC(=O)C(C)(C)C)c2ncc(C(=O)Nc3c(C)cccc3Cl)s2)n1. The highest BCUT2D eigenvalue weighted by molar-refractivity contribution is 7.17. The molecule has 4 rings (SSSR count). The standard InChI is InChI=1S/C28H36ClN7O4S/c1-18-7-6-8-20(29)24(18)33-25(38)21-16-30-27(41-21)36(17-40-26(39)28(3,4)5)23-15-22(31-19(2)32-23)35-11-9-34(10-12-35)13-14-37/h6-8,15-16,37H,9-14,17H2,1-5H3,(H,33,38). The Labute approximate surface area is 249 Å². The molecule has 2 aromatic heterocycles. The number of amides is 1. The van der Waals surface area contributed by atoms with Gasteiger partial charge in [-0.3, -0.25) is 19.4 Å². The zero-order valence-corrected chi connectivity index (χ0v) is 25.6. The van der Waals surface area contributed by atoms with Crippen molar-refractivity contribution < 1.29 is 19.4 Å². The van der Waals surface area contributed by atoms with Gasteiger partial charge in [0.25, 0.3) is 5.91 Å². The van der Waals surface area contributed by atoms with Gasteiger partial charge in [-0.15, -0.1) is 0 Å². The van der Waals surface area contributed by atoms with Gasteiger partial charge in [-0.1, -0.05) is 35.1 Å². The molecule has 0 atom stereocenters. The zero-order chi connectivity index (χ0) is 29.7. The lowest BCUT2D eigenvalue weighted by molar-refractivity contribution is -0.152. The van der Waals surface area contributed by atoms with Crippen LogP contribution >= 0.6 is 22.9 Å². The second kappa shape index (κ2) is 13.1. The van der Waals surface area contributed by atoms with Crippen molar-refractivity contribution in [2.45, 2.75) is 34.6 Å². The van der Waals surface area contributed by atoms with Crippen LogP contribution in [0.25, 0.3) is 0 Å². The number of nitrogens with zero attached hydrogens (tertiary/aromatic N) is 6. The van der Waals surface area contributed by atoms with Crippen LogP contribution in [0.4, 0.5) is 22.5 Å². The molecule has 1 aromatic carbocycles. The van der Waals surface area contributed by atoms with E-state index in [1.165, 1.54) is 6.20 Å². The number of para-hydroxylation sites is 1. The number of carbonyl (C=O) groups is 2. The maximum atomic E-state index is 13.1. The number of thiazole rings is 1. The lowest BCUT2D eigenvalue weighted by Crippen LogP contribution is -2.47. The molecular formula is C28H36ClN7O4S. The summed E-state index contributed by atoms with van der Waals surface area (Å²) in [5.74, 6) is 1.06. The molecule has 1 aliphatic heterocycles. The van der Waals surface area contributed by atoms with Gasteiger partial charge >= 0.3 is 5.97 Å². The fraction of sp³-hybridized carbons (Fsp3) is 0.464. The number of esters is 1. The van der Waals surface area contributed by atoms with Gasteiger partial charge in [0.2, 0.25) is 0 Å². The number of ether oxygens (including phenoxy) is 1. The Morgan fingerprint density at radius 3 is 2.56 bits per heavy atom. The maximum Gasteiger partial charge on any atom is 0.312 e. The molecule has 1 fully saturated rings. The monoisotopic (exact) mass is 601 g/mol. The summed E-state index contributed by atoms with van der Waals surface area (Å²) >= 11 is 7.46. The van der Waals surface area contributed by atoms with Gasteiger partial charge in [-0.2, -0.15) is 0 Å². The molecule has 0 radical (unpaired) electrons. The number of aromatic nitrogens is 3. The van der Waals surface area contributed by atoms with E-state index >= 15 is 0 Å². The third-order valence-electron chi connectivity index (χ3n) is 6.55. The number of piperazine rings is 1. The fourth-order valence-corrected chi connectivity index (χ4v) is 5.27. The number of β-amino-alcohol motifs (C(OH)–C–C–N with tert-alkyl or cyclic N) is 1. The molecule has 1 saturated heterocycles. The molecule has 1 amide bonds. The van der Waals surface area contributed by atoms with Crippen molar-refractivity contribution in [1.29, 1.82) is 0 Å². The molecule has 11 nitrogen and oxygen atoms in total. The van der Waals surface area contributed by atoms with Gasteiger partial charge in [0.1, 0.15) is 22.3 Å². The molecule has 220 valence electrons. The van der Waals surface area contributed by atoms with Crippen LogP contribution in [0.3, 0.4) is 0 Å². The molecule has 13 heteroatoms. The highest BCUT2D eigenvalue weighted by atomic mass is 35.5. The van der Waals surface area contributed by atoms with E-state index < -0.39 is 5.41 Å². The first-order valence-electron chi connectivity index (χ1n) is 13.4. The van der Waals surface area contributed by atoms with E-state index in [0.717, 1.165) is 48.9 Å². The van der Waals surface area contributed by atoms with E-state index in [1.54, 1.807) is 38.7 Å². The minimum atomic E-state index is -0.701. The van der Waals surface area contributed by atoms with Crippen LogP contribution in [0.1, 0.15) is 41.8 Å². The number of halogens is 1. The van der Waals surface area contributed by atoms with Crippen molar-refractivity contribution in [3.05, 3.63) is 51.7 Å². The summed E-state index contributed by atoms with van der Waals surface area (Å²) in [7, 11) is 0. The average Bonchev–Trinajstić information content (AvgIpc) is 3.41. The topological polar surface area (TPSA) is 124 Å². The Kier molecular flexibility index (Phi) is 9.80. The first-order chi connectivity index (χ1) is 19.5. The smallest absolute Gasteiger partial charge is 0.312 e. The first kappa shape index (κ1) is 30.6. The summed E-state index contributed by atoms with van der Waals surface area (Å²) in [5, 5.41) is 13.0. The molecule has 1 aliphatic rings. The van der Waals surface area contributed by atoms with Crippen LogP contribution in [-0.2, 0) is 9.53 Å². The van der Waals surface area contributed by atoms with Gasteiger partial charge in [0, 0.05) is 38.8 Å². The summed E-state index contributed by atoms with van der Waals surface area (Å²) in [6.07, 6.45) is 1.48. The van der Waals surface area contributed by atoms with E-state index in [9.17, 15) is 14.7 Å². The van der Waals surface area contributed by atoms with Crippen molar-refractivity contribution in [3.63, 3.8) is 0 Å². The molecular weight excluding hydrogens is 566 g/mol. The number of nitrogens with one attached hydrogen (secondary N) is 1. The van der Waals surface area contributed by atoms with Gasteiger partial charge in [0.15, 0.2) is 11.9 Å². The van der Waals surface area contributed by atoms with Crippen LogP contribution < -0.4 is 15.1 Å². The largest absolute Gasteiger partial charge is 0.443 e. The Morgan fingerprint density at radius 2 is 1.90 bits per heavy atom. The van der Waals surface area contributed by atoms with E-state index in [4.69, 9.17) is 16.3 Å². The minimum absolute atomic E-state index is 0.130. The van der Waals surface area contributed by atoms with Crippen LogP contribution in [0.15, 0.2) is 30.5 Å². The third kappa shape index (κ3) is 7.70. The van der Waals surface area contributed by atoms with E-state index in [2.05, 4.69) is 30.1 Å². The molecule has 0 bridgehead atoms. The van der Waals surface area contributed by atoms with E-state index in [-0.39, 0.29) is 25.2 Å². The molecule has 3 heterocycles. The van der Waals surface area contributed by atoms with Gasteiger partial charge in [0.05, 0.1) is 28.9 Å². The number of aryl methyl sites for hydroxylation is 2. The van der Waals surface area contributed by atoms with E-state index in [1.807, 2.05) is 25.1 Å². The summed E-state index contributed by atoms with van der Waals surface area (Å²) in [6.45, 7) is 12.8. The third-order valence-corrected chi connectivity index (χ3v) is 7.88. The molecule has 41 heavy (non-hydrogen) atoms. The predicted octanol–water partition coefficient (Wildman–Crippen LogP) is 4.25. The van der Waals surface area contributed by atoms with Gasteiger partial charge in [-0.05, 0) is 46.2 Å². The summed E-state index contributed by atoms with van der Waals surface area (Å²) in [6, 6.07) is 7.25. The number of hydrogen-bond donors (Lipinski definition) is 2. The van der Waals surface area contributed by atoms with Crippen molar-refractivity contribution in [2.75, 3.05) is 61.2 Å². The molecule has 0 unspecified atom stereocenters. The molecule has 2 N–H and O–H groups in total. The molecule has 0 spiro atoms. The van der Waals surface area contributed by atoms with Gasteiger partial charge in [-0.25, -0.2) is 15.0 Å². The van der Waals surface area contributed by atoms with Crippen LogP contribution in [0.5, 0.6) is 0 Å². The Bertz CT molecular complexity index is 1370. The number of hydrogen-bond acceptors (Lipinski definition) is 11. The molecule has 0 saturated carbocycles. The number of anilines is 4. The predicted molar refractivity (Wildman–Crippen MR) is 161 cm³/mol. The summed E-state index contributed by atoms with van der Waals surface area (Å²) in [4.78, 5) is 46.0. The highest BCUT2D eigenvalue weighted by Gasteiger charge is 2.27. The minimum Gasteiger partial charge on any atom is -0.443 e. The number of aliphatic hydroxyl groups excluding tert-OH is 1. The number of rotatable bonds is 9. The van der Waals surface area contributed by atoms with Crippen LogP contribution in [-0.4, -0.2) is 82.9 Å². The highest BCUT2D eigenvalue weighted by Crippen LogP contribution is 2.32. The van der Waals surface area contributed by atoms with Crippen molar-refractivity contribution in [1.82, 2.24) is 19.9 Å².